The van der Waals surface area contributed by atoms with Crippen molar-refractivity contribution in [1.29, 1.82) is 0 Å². The summed E-state index contributed by atoms with van der Waals surface area (Å²) >= 11 is 1.81. The van der Waals surface area contributed by atoms with Crippen LogP contribution < -0.4 is 0 Å². The summed E-state index contributed by atoms with van der Waals surface area (Å²) in [5.74, 6) is 0.929. The molecule has 0 spiro atoms. The number of benzene rings is 7. The highest BCUT2D eigenvalue weighted by Crippen LogP contribution is 2.40. The zero-order valence-corrected chi connectivity index (χ0v) is 24.2. The van der Waals surface area contributed by atoms with E-state index in [9.17, 15) is 0 Å². The lowest BCUT2D eigenvalue weighted by atomic mass is 9.91. The van der Waals surface area contributed by atoms with E-state index in [4.69, 9.17) is 4.98 Å². The third kappa shape index (κ3) is 4.16. The first-order valence-corrected chi connectivity index (χ1v) is 15.6. The van der Waals surface area contributed by atoms with Crippen molar-refractivity contribution < 1.29 is 0 Å². The van der Waals surface area contributed by atoms with Gasteiger partial charge in [-0.1, -0.05) is 109 Å². The molecule has 0 N–H and O–H groups in total. The van der Waals surface area contributed by atoms with Crippen molar-refractivity contribution in [3.8, 4) is 39.1 Å². The van der Waals surface area contributed by atoms with Gasteiger partial charge in [-0.25, -0.2) is 4.98 Å². The molecule has 2 heterocycles. The standard InChI is InChI=1S/C40H26N2S/c1-3-9-28-19-30(15-13-26(28)7-1)34-21-35(31-16-14-27-8-2-4-10-29(27)20-31)23-36(22-34)32-17-18-33-25-43-40-41-37-11-5-6-12-38(37)42(40)39(33)24-32/h1-24H,25H2. The molecule has 1 aliphatic heterocycles. The fraction of sp³-hybridized carbons (Fsp3) is 0.0250. The topological polar surface area (TPSA) is 17.8 Å². The normalized spacial score (nSPS) is 12.5. The van der Waals surface area contributed by atoms with Crippen molar-refractivity contribution in [3.05, 3.63) is 151 Å². The smallest absolute Gasteiger partial charge is 0.174 e. The number of para-hydroxylation sites is 2. The van der Waals surface area contributed by atoms with E-state index < -0.39 is 0 Å². The second kappa shape index (κ2) is 9.72. The van der Waals surface area contributed by atoms with Gasteiger partial charge in [0.05, 0.1) is 16.7 Å². The fourth-order valence-corrected chi connectivity index (χ4v) is 7.43. The molecule has 0 unspecified atom stereocenters. The van der Waals surface area contributed by atoms with Crippen molar-refractivity contribution in [2.45, 2.75) is 10.9 Å². The average molecular weight is 567 g/mol. The number of fused-ring (bicyclic) bond motifs is 7. The average Bonchev–Trinajstić information content (AvgIpc) is 3.47. The van der Waals surface area contributed by atoms with Crippen molar-refractivity contribution in [3.63, 3.8) is 0 Å². The van der Waals surface area contributed by atoms with Gasteiger partial charge >= 0.3 is 0 Å². The summed E-state index contributed by atoms with van der Waals surface area (Å²) in [6.07, 6.45) is 0. The van der Waals surface area contributed by atoms with Crippen LogP contribution in [0.3, 0.4) is 0 Å². The van der Waals surface area contributed by atoms with Crippen LogP contribution in [0.4, 0.5) is 0 Å². The largest absolute Gasteiger partial charge is 0.287 e. The molecule has 9 rings (SSSR count). The van der Waals surface area contributed by atoms with Gasteiger partial charge in [0.15, 0.2) is 5.16 Å². The molecule has 202 valence electrons. The second-order valence-electron chi connectivity index (χ2n) is 11.3. The van der Waals surface area contributed by atoms with E-state index in [0.717, 1.165) is 21.9 Å². The molecule has 1 aromatic heterocycles. The van der Waals surface area contributed by atoms with E-state index in [1.165, 1.54) is 66.2 Å². The summed E-state index contributed by atoms with van der Waals surface area (Å²) in [7, 11) is 0. The quantitative estimate of drug-likeness (QED) is 0.212. The predicted octanol–water partition coefficient (Wildman–Crippen LogP) is 10.9. The molecule has 0 atom stereocenters. The summed E-state index contributed by atoms with van der Waals surface area (Å²) in [6, 6.07) is 53.2. The molecule has 0 saturated heterocycles. The zero-order valence-electron chi connectivity index (χ0n) is 23.4. The molecule has 0 saturated carbocycles. The number of rotatable bonds is 3. The van der Waals surface area contributed by atoms with Crippen LogP contribution in [0.2, 0.25) is 0 Å². The van der Waals surface area contributed by atoms with Gasteiger partial charge in [0.2, 0.25) is 0 Å². The molecule has 3 heteroatoms. The highest BCUT2D eigenvalue weighted by atomic mass is 32.2. The number of thioether (sulfide) groups is 1. The SMILES string of the molecule is c1ccc2cc(-c3cc(-c4ccc5c(c4)-n4c(nc6ccccc64)SC5)cc(-c4ccc5ccccc5c4)c3)ccc2c1. The van der Waals surface area contributed by atoms with Gasteiger partial charge in [-0.05, 0) is 109 Å². The van der Waals surface area contributed by atoms with Gasteiger partial charge in [0.1, 0.15) is 0 Å². The minimum atomic E-state index is 0.929. The monoisotopic (exact) mass is 566 g/mol. The van der Waals surface area contributed by atoms with Crippen LogP contribution in [-0.2, 0) is 5.75 Å². The van der Waals surface area contributed by atoms with Crippen LogP contribution >= 0.6 is 11.8 Å². The zero-order chi connectivity index (χ0) is 28.3. The van der Waals surface area contributed by atoms with Gasteiger partial charge in [-0.15, -0.1) is 0 Å². The summed E-state index contributed by atoms with van der Waals surface area (Å²) in [6.45, 7) is 0. The molecule has 43 heavy (non-hydrogen) atoms. The lowest BCUT2D eigenvalue weighted by molar-refractivity contribution is 0.895. The Morgan fingerprint density at radius 3 is 1.65 bits per heavy atom. The molecule has 1 aliphatic rings. The third-order valence-corrected chi connectivity index (χ3v) is 9.63. The Labute approximate surface area is 254 Å². The fourth-order valence-electron chi connectivity index (χ4n) is 6.41. The maximum atomic E-state index is 4.94. The van der Waals surface area contributed by atoms with Crippen LogP contribution in [0.25, 0.3) is 71.6 Å². The second-order valence-corrected chi connectivity index (χ2v) is 12.2. The van der Waals surface area contributed by atoms with Gasteiger partial charge < -0.3 is 0 Å². The van der Waals surface area contributed by atoms with Crippen LogP contribution in [0.5, 0.6) is 0 Å². The first kappa shape index (κ1) is 24.5. The lowest BCUT2D eigenvalue weighted by Crippen LogP contribution is -2.06. The minimum Gasteiger partial charge on any atom is -0.287 e. The van der Waals surface area contributed by atoms with Crippen molar-refractivity contribution in [2.75, 3.05) is 0 Å². The van der Waals surface area contributed by atoms with E-state index in [1.807, 2.05) is 11.8 Å². The molecule has 0 fully saturated rings. The maximum absolute atomic E-state index is 4.94. The summed E-state index contributed by atoms with van der Waals surface area (Å²) in [5, 5.41) is 6.08. The first-order chi connectivity index (χ1) is 21.3. The number of nitrogens with zero attached hydrogens (tertiary/aromatic N) is 2. The summed E-state index contributed by atoms with van der Waals surface area (Å²) in [5.41, 5.74) is 12.1. The van der Waals surface area contributed by atoms with Crippen LogP contribution in [0, 0.1) is 0 Å². The highest BCUT2D eigenvalue weighted by molar-refractivity contribution is 7.98. The van der Waals surface area contributed by atoms with Gasteiger partial charge in [-0.2, -0.15) is 0 Å². The molecule has 0 aliphatic carbocycles. The summed E-state index contributed by atoms with van der Waals surface area (Å²) in [4.78, 5) is 4.94. The Hall–Kier alpha value is -5.12. The number of hydrogen-bond donors (Lipinski definition) is 0. The van der Waals surface area contributed by atoms with Crippen LogP contribution in [-0.4, -0.2) is 9.55 Å². The molecular formula is C40H26N2S. The Morgan fingerprint density at radius 2 is 1.00 bits per heavy atom. The number of hydrogen-bond acceptors (Lipinski definition) is 2. The van der Waals surface area contributed by atoms with Crippen LogP contribution in [0.1, 0.15) is 5.56 Å². The van der Waals surface area contributed by atoms with Crippen molar-refractivity contribution >= 4 is 44.3 Å². The molecule has 0 radical (unpaired) electrons. The molecule has 0 amide bonds. The first-order valence-electron chi connectivity index (χ1n) is 14.6. The summed E-state index contributed by atoms with van der Waals surface area (Å²) < 4.78 is 2.33. The van der Waals surface area contributed by atoms with Gasteiger partial charge in [-0.3, -0.25) is 4.57 Å². The Morgan fingerprint density at radius 1 is 0.465 bits per heavy atom. The Balaban J connectivity index is 1.25. The highest BCUT2D eigenvalue weighted by Gasteiger charge is 2.21. The van der Waals surface area contributed by atoms with E-state index in [1.54, 1.807) is 0 Å². The third-order valence-electron chi connectivity index (χ3n) is 8.64. The molecular weight excluding hydrogens is 541 g/mol. The van der Waals surface area contributed by atoms with Crippen molar-refractivity contribution in [2.24, 2.45) is 0 Å². The minimum absolute atomic E-state index is 0.929. The Bertz CT molecular complexity index is 2270. The molecule has 7 aromatic carbocycles. The Kier molecular flexibility index (Phi) is 5.53. The van der Waals surface area contributed by atoms with Crippen molar-refractivity contribution in [1.82, 2.24) is 9.55 Å². The lowest BCUT2D eigenvalue weighted by Gasteiger charge is -2.20. The number of imidazole rings is 1. The van der Waals surface area contributed by atoms with E-state index in [2.05, 4.69) is 150 Å². The maximum Gasteiger partial charge on any atom is 0.174 e. The van der Waals surface area contributed by atoms with Gasteiger partial charge in [0.25, 0.3) is 0 Å². The predicted molar refractivity (Wildman–Crippen MR) is 182 cm³/mol. The van der Waals surface area contributed by atoms with Gasteiger partial charge in [0, 0.05) is 5.75 Å². The molecule has 8 aromatic rings. The van der Waals surface area contributed by atoms with E-state index in [-0.39, 0.29) is 0 Å². The molecule has 0 bridgehead atoms. The van der Waals surface area contributed by atoms with E-state index in [0.29, 0.717) is 0 Å². The van der Waals surface area contributed by atoms with E-state index >= 15 is 0 Å². The van der Waals surface area contributed by atoms with Crippen LogP contribution in [0.15, 0.2) is 151 Å². The number of aromatic nitrogens is 2. The molecule has 2 nitrogen and oxygen atoms in total.